The van der Waals surface area contributed by atoms with Crippen molar-refractivity contribution in [3.05, 3.63) is 53.5 Å². The van der Waals surface area contributed by atoms with Gasteiger partial charge >= 0.3 is 0 Å². The number of hydrogen-bond acceptors (Lipinski definition) is 6. The lowest BCUT2D eigenvalue weighted by atomic mass is 10.1. The molecule has 0 spiro atoms. The summed E-state index contributed by atoms with van der Waals surface area (Å²) in [5.41, 5.74) is 3.53. The molecule has 3 heterocycles. The monoisotopic (exact) mass is 380 g/mol. The topological polar surface area (TPSA) is 67.6 Å². The van der Waals surface area contributed by atoms with Crippen molar-refractivity contribution < 1.29 is 4.74 Å². The van der Waals surface area contributed by atoms with E-state index in [1.807, 2.05) is 6.07 Å². The van der Waals surface area contributed by atoms with Crippen LogP contribution in [0.1, 0.15) is 42.5 Å². The smallest absolute Gasteiger partial charge is 0.254 e. The number of hydrogen-bond donors (Lipinski definition) is 1. The summed E-state index contributed by atoms with van der Waals surface area (Å²) in [5, 5.41) is 7.82. The summed E-state index contributed by atoms with van der Waals surface area (Å²) >= 11 is 0. The largest absolute Gasteiger partial charge is 0.378 e. The van der Waals surface area contributed by atoms with E-state index < -0.39 is 0 Å². The zero-order chi connectivity index (χ0) is 19.2. The average molecular weight is 380 g/mol. The molecule has 1 saturated heterocycles. The molecule has 0 aliphatic carbocycles. The molecular weight excluding hydrogens is 352 g/mol. The van der Waals surface area contributed by atoms with Gasteiger partial charge in [-0.15, -0.1) is 0 Å². The molecule has 4 rings (SSSR count). The number of fused-ring (bicyclic) bond motifs is 1. The van der Waals surface area contributed by atoms with Gasteiger partial charge in [0.15, 0.2) is 0 Å². The highest BCUT2D eigenvalue weighted by Crippen LogP contribution is 2.18. The summed E-state index contributed by atoms with van der Waals surface area (Å²) in [4.78, 5) is 11.3. The van der Waals surface area contributed by atoms with Crippen LogP contribution in [0.4, 0.5) is 5.82 Å². The summed E-state index contributed by atoms with van der Waals surface area (Å²) in [6.07, 6.45) is 6.87. The second-order valence-corrected chi connectivity index (χ2v) is 7.35. The second-order valence-electron chi connectivity index (χ2n) is 7.35. The van der Waals surface area contributed by atoms with Crippen LogP contribution in [0.15, 0.2) is 36.7 Å². The number of methoxy groups -OCH3 is 1. The van der Waals surface area contributed by atoms with E-state index >= 15 is 0 Å². The quantitative estimate of drug-likeness (QED) is 0.679. The summed E-state index contributed by atoms with van der Waals surface area (Å²) in [7, 11) is 1.67. The highest BCUT2D eigenvalue weighted by molar-refractivity contribution is 5.45. The minimum Gasteiger partial charge on any atom is -0.378 e. The Hall–Kier alpha value is -2.51. The van der Waals surface area contributed by atoms with Gasteiger partial charge in [0.05, 0.1) is 12.3 Å². The lowest BCUT2D eigenvalue weighted by Crippen LogP contribution is -2.24. The number of rotatable bonds is 7. The van der Waals surface area contributed by atoms with Crippen molar-refractivity contribution in [3.8, 4) is 0 Å². The van der Waals surface area contributed by atoms with E-state index in [1.165, 1.54) is 56.2 Å². The van der Waals surface area contributed by atoms with Crippen LogP contribution in [0.2, 0.25) is 0 Å². The Labute approximate surface area is 165 Å². The number of ether oxygens (including phenoxy) is 1. The van der Waals surface area contributed by atoms with Crippen molar-refractivity contribution in [3.63, 3.8) is 0 Å². The van der Waals surface area contributed by atoms with Crippen LogP contribution in [0, 0.1) is 0 Å². The Balaban J connectivity index is 1.51. The summed E-state index contributed by atoms with van der Waals surface area (Å²) in [5.74, 6) is 1.45. The summed E-state index contributed by atoms with van der Waals surface area (Å²) in [6.45, 7) is 4.60. The van der Waals surface area contributed by atoms with Gasteiger partial charge in [-0.05, 0) is 37.1 Å². The molecular formula is C21H28N6O. The second kappa shape index (κ2) is 9.12. The highest BCUT2D eigenvalue weighted by atomic mass is 16.5. The fraction of sp³-hybridized carbons (Fsp3) is 0.476. The van der Waals surface area contributed by atoms with E-state index in [0.717, 1.165) is 24.6 Å². The van der Waals surface area contributed by atoms with Gasteiger partial charge in [0.25, 0.3) is 5.78 Å². The molecule has 0 saturated carbocycles. The Morgan fingerprint density at radius 2 is 1.86 bits per heavy atom. The Morgan fingerprint density at radius 1 is 1.07 bits per heavy atom. The van der Waals surface area contributed by atoms with Crippen molar-refractivity contribution in [1.29, 1.82) is 0 Å². The maximum Gasteiger partial charge on any atom is 0.254 e. The van der Waals surface area contributed by atoms with Crippen LogP contribution in [-0.2, 0) is 24.4 Å². The van der Waals surface area contributed by atoms with Gasteiger partial charge in [-0.25, -0.2) is 4.98 Å². The van der Waals surface area contributed by atoms with E-state index in [0.29, 0.717) is 12.4 Å². The molecule has 7 nitrogen and oxygen atoms in total. The fourth-order valence-corrected chi connectivity index (χ4v) is 3.81. The minimum atomic E-state index is 0.448. The van der Waals surface area contributed by atoms with Gasteiger partial charge < -0.3 is 10.1 Å². The molecule has 1 aliphatic heterocycles. The standard InChI is InChI=1S/C21H28N6O/c1-28-15-19-12-20(27-21(25-19)23-16-24-27)22-13-17-8-4-5-9-18(17)14-26-10-6-2-3-7-11-26/h4-5,8-9,12,16,22H,2-3,6-7,10-11,13-15H2,1H3. The number of aromatic nitrogens is 4. The molecule has 1 fully saturated rings. The van der Waals surface area contributed by atoms with E-state index in [4.69, 9.17) is 4.74 Å². The number of nitrogens with zero attached hydrogens (tertiary/aromatic N) is 5. The predicted octanol–water partition coefficient (Wildman–Crippen LogP) is 3.26. The first-order chi connectivity index (χ1) is 13.8. The Kier molecular flexibility index (Phi) is 6.14. The molecule has 148 valence electrons. The van der Waals surface area contributed by atoms with Crippen LogP contribution in [-0.4, -0.2) is 44.7 Å². The number of anilines is 1. The van der Waals surface area contributed by atoms with E-state index in [9.17, 15) is 0 Å². The molecule has 1 aliphatic rings. The maximum absolute atomic E-state index is 5.23. The van der Waals surface area contributed by atoms with E-state index in [-0.39, 0.29) is 0 Å². The van der Waals surface area contributed by atoms with E-state index in [2.05, 4.69) is 49.5 Å². The summed E-state index contributed by atoms with van der Waals surface area (Å²) in [6, 6.07) is 10.7. The van der Waals surface area contributed by atoms with Crippen molar-refractivity contribution in [1.82, 2.24) is 24.5 Å². The zero-order valence-electron chi connectivity index (χ0n) is 16.5. The Morgan fingerprint density at radius 3 is 2.64 bits per heavy atom. The van der Waals surface area contributed by atoms with Crippen LogP contribution in [0.25, 0.3) is 5.78 Å². The summed E-state index contributed by atoms with van der Waals surface area (Å²) < 4.78 is 6.96. The van der Waals surface area contributed by atoms with Crippen LogP contribution < -0.4 is 5.32 Å². The normalized spacial score (nSPS) is 15.6. The third-order valence-electron chi connectivity index (χ3n) is 5.27. The van der Waals surface area contributed by atoms with Crippen molar-refractivity contribution in [2.45, 2.75) is 45.4 Å². The average Bonchev–Trinajstić information content (AvgIpc) is 3.04. The first kappa shape index (κ1) is 18.8. The van der Waals surface area contributed by atoms with E-state index in [1.54, 1.807) is 11.6 Å². The van der Waals surface area contributed by atoms with Crippen molar-refractivity contribution >= 4 is 11.6 Å². The number of benzene rings is 1. The van der Waals surface area contributed by atoms with Crippen molar-refractivity contribution in [2.24, 2.45) is 0 Å². The van der Waals surface area contributed by atoms with Gasteiger partial charge in [0.2, 0.25) is 0 Å². The molecule has 0 radical (unpaired) electrons. The molecule has 28 heavy (non-hydrogen) atoms. The van der Waals surface area contributed by atoms with Crippen LogP contribution >= 0.6 is 0 Å². The lowest BCUT2D eigenvalue weighted by Gasteiger charge is -2.22. The third kappa shape index (κ3) is 4.48. The number of likely N-dealkylation sites (tertiary alicyclic amines) is 1. The van der Waals surface area contributed by atoms with Crippen molar-refractivity contribution in [2.75, 3.05) is 25.5 Å². The third-order valence-corrected chi connectivity index (χ3v) is 5.27. The molecule has 7 heteroatoms. The maximum atomic E-state index is 5.23. The Bertz CT molecular complexity index is 901. The molecule has 2 aromatic heterocycles. The SMILES string of the molecule is COCc1cc(NCc2ccccc2CN2CCCCCC2)n2ncnc2n1. The van der Waals surface area contributed by atoms with Gasteiger partial charge in [-0.1, -0.05) is 37.1 Å². The van der Waals surface area contributed by atoms with Gasteiger partial charge in [0, 0.05) is 26.3 Å². The molecule has 3 aromatic rings. The van der Waals surface area contributed by atoms with Gasteiger partial charge in [0.1, 0.15) is 12.1 Å². The molecule has 0 unspecified atom stereocenters. The fourth-order valence-electron chi connectivity index (χ4n) is 3.81. The first-order valence-corrected chi connectivity index (χ1v) is 10.0. The zero-order valence-corrected chi connectivity index (χ0v) is 16.5. The lowest BCUT2D eigenvalue weighted by molar-refractivity contribution is 0.181. The molecule has 1 aromatic carbocycles. The van der Waals surface area contributed by atoms with Gasteiger partial charge in [-0.2, -0.15) is 14.6 Å². The molecule has 0 amide bonds. The number of nitrogens with one attached hydrogen (secondary N) is 1. The minimum absolute atomic E-state index is 0.448. The molecule has 0 bridgehead atoms. The van der Waals surface area contributed by atoms with Crippen LogP contribution in [0.5, 0.6) is 0 Å². The first-order valence-electron chi connectivity index (χ1n) is 10.0. The molecule has 0 atom stereocenters. The van der Waals surface area contributed by atoms with Gasteiger partial charge in [-0.3, -0.25) is 4.90 Å². The highest BCUT2D eigenvalue weighted by Gasteiger charge is 2.12. The molecule has 1 N–H and O–H groups in total. The van der Waals surface area contributed by atoms with Crippen LogP contribution in [0.3, 0.4) is 0 Å². The predicted molar refractivity (Wildman–Crippen MR) is 109 cm³/mol.